The lowest BCUT2D eigenvalue weighted by atomic mass is 10.0. The summed E-state index contributed by atoms with van der Waals surface area (Å²) in [4.78, 5) is 61.9. The lowest BCUT2D eigenvalue weighted by Gasteiger charge is -2.32. The van der Waals surface area contributed by atoms with Crippen LogP contribution in [0.15, 0.2) is 30.3 Å². The Balaban J connectivity index is 2.12. The van der Waals surface area contributed by atoms with Gasteiger partial charge in [-0.1, -0.05) is 30.3 Å². The van der Waals surface area contributed by atoms with E-state index in [1.807, 2.05) is 0 Å². The van der Waals surface area contributed by atoms with Gasteiger partial charge in [-0.15, -0.1) is 0 Å². The number of carbonyl (C=O) groups is 5. The van der Waals surface area contributed by atoms with Crippen LogP contribution in [0.25, 0.3) is 0 Å². The van der Waals surface area contributed by atoms with Crippen LogP contribution in [0.3, 0.4) is 0 Å². The molecule has 1 unspecified atom stereocenters. The van der Waals surface area contributed by atoms with Crippen molar-refractivity contribution in [3.63, 3.8) is 0 Å². The average Bonchev–Trinajstić information content (AvgIpc) is 2.64. The van der Waals surface area contributed by atoms with E-state index in [2.05, 4.69) is 10.6 Å². The van der Waals surface area contributed by atoms with E-state index in [0.717, 1.165) is 4.90 Å². The molecule has 0 radical (unpaired) electrons. The maximum atomic E-state index is 12.7. The number of ether oxygens (including phenoxy) is 1. The van der Waals surface area contributed by atoms with E-state index < -0.39 is 42.0 Å². The molecule has 9 heteroatoms. The molecule has 1 aliphatic heterocycles. The van der Waals surface area contributed by atoms with Crippen LogP contribution in [0.5, 0.6) is 0 Å². The number of amides is 4. The summed E-state index contributed by atoms with van der Waals surface area (Å²) in [6, 6.07) is 7.37. The number of hydrogen-bond acceptors (Lipinski definition) is 6. The highest BCUT2D eigenvalue weighted by Crippen LogP contribution is 2.14. The molecule has 0 aromatic heterocycles. The van der Waals surface area contributed by atoms with Gasteiger partial charge < -0.3 is 15.0 Å². The van der Waals surface area contributed by atoms with Crippen LogP contribution in [0.1, 0.15) is 44.0 Å². The molecule has 4 amide bonds. The zero-order valence-electron chi connectivity index (χ0n) is 16.7. The second-order valence-electron chi connectivity index (χ2n) is 7.63. The SMILES string of the molecule is CC(C)(C)OC(=O)NCC(=O)N(CC(=O)c1ccccc1)C1CCC(=O)NC1=O. The first kappa shape index (κ1) is 22.1. The third-order valence-corrected chi connectivity index (χ3v) is 4.10. The Morgan fingerprint density at radius 2 is 1.83 bits per heavy atom. The molecule has 1 heterocycles. The molecule has 1 fully saturated rings. The van der Waals surface area contributed by atoms with Crippen molar-refractivity contribution >= 4 is 29.6 Å². The quantitative estimate of drug-likeness (QED) is 0.540. The molecule has 1 aromatic carbocycles. The molecule has 1 saturated heterocycles. The number of hydrogen-bond donors (Lipinski definition) is 2. The van der Waals surface area contributed by atoms with Gasteiger partial charge in [0.1, 0.15) is 18.2 Å². The molecule has 29 heavy (non-hydrogen) atoms. The minimum Gasteiger partial charge on any atom is -0.444 e. The van der Waals surface area contributed by atoms with Crippen molar-refractivity contribution in [1.29, 1.82) is 0 Å². The first-order chi connectivity index (χ1) is 13.6. The summed E-state index contributed by atoms with van der Waals surface area (Å²) in [6.45, 7) is 4.24. The van der Waals surface area contributed by atoms with E-state index in [-0.39, 0.29) is 25.2 Å². The number of rotatable bonds is 6. The van der Waals surface area contributed by atoms with Gasteiger partial charge in [-0.3, -0.25) is 24.5 Å². The Morgan fingerprint density at radius 1 is 1.17 bits per heavy atom. The Kier molecular flexibility index (Phi) is 7.08. The number of benzene rings is 1. The van der Waals surface area contributed by atoms with Gasteiger partial charge in [0.25, 0.3) is 0 Å². The second kappa shape index (κ2) is 9.31. The van der Waals surface area contributed by atoms with Crippen LogP contribution in [0.4, 0.5) is 4.79 Å². The summed E-state index contributed by atoms with van der Waals surface area (Å²) >= 11 is 0. The zero-order valence-corrected chi connectivity index (χ0v) is 16.7. The van der Waals surface area contributed by atoms with Crippen LogP contribution in [0, 0.1) is 0 Å². The highest BCUT2D eigenvalue weighted by atomic mass is 16.6. The summed E-state index contributed by atoms with van der Waals surface area (Å²) in [6.07, 6.45) is -0.632. The smallest absolute Gasteiger partial charge is 0.408 e. The van der Waals surface area contributed by atoms with Gasteiger partial charge in [0.15, 0.2) is 5.78 Å². The fraction of sp³-hybridized carbons (Fsp3) is 0.450. The van der Waals surface area contributed by atoms with Gasteiger partial charge in [0, 0.05) is 12.0 Å². The Morgan fingerprint density at radius 3 is 2.41 bits per heavy atom. The number of imide groups is 1. The van der Waals surface area contributed by atoms with Crippen molar-refractivity contribution in [2.75, 3.05) is 13.1 Å². The largest absolute Gasteiger partial charge is 0.444 e. The fourth-order valence-corrected chi connectivity index (χ4v) is 2.79. The van der Waals surface area contributed by atoms with Crippen molar-refractivity contribution in [3.8, 4) is 0 Å². The molecule has 1 aromatic rings. The minimum absolute atomic E-state index is 0.0548. The van der Waals surface area contributed by atoms with Crippen molar-refractivity contribution < 1.29 is 28.7 Å². The molecule has 156 valence electrons. The lowest BCUT2D eigenvalue weighted by molar-refractivity contribution is -0.144. The molecule has 0 saturated carbocycles. The number of nitrogens with one attached hydrogen (secondary N) is 2. The van der Waals surface area contributed by atoms with E-state index in [9.17, 15) is 24.0 Å². The third kappa shape index (κ3) is 6.70. The van der Waals surface area contributed by atoms with E-state index in [1.54, 1.807) is 51.1 Å². The molecule has 1 atom stereocenters. The van der Waals surface area contributed by atoms with Gasteiger partial charge in [-0.2, -0.15) is 0 Å². The normalized spacial score (nSPS) is 16.6. The number of alkyl carbamates (subject to hydrolysis) is 1. The molecule has 9 nitrogen and oxygen atoms in total. The van der Waals surface area contributed by atoms with E-state index in [0.29, 0.717) is 5.56 Å². The van der Waals surface area contributed by atoms with Crippen molar-refractivity contribution in [3.05, 3.63) is 35.9 Å². The Hall–Kier alpha value is -3.23. The average molecular weight is 403 g/mol. The van der Waals surface area contributed by atoms with Crippen LogP contribution < -0.4 is 10.6 Å². The van der Waals surface area contributed by atoms with Crippen molar-refractivity contribution in [2.45, 2.75) is 45.3 Å². The van der Waals surface area contributed by atoms with Crippen molar-refractivity contribution in [1.82, 2.24) is 15.5 Å². The standard InChI is InChI=1S/C20H25N3O6/c1-20(2,3)29-19(28)21-11-17(26)23(14-9-10-16(25)22-18(14)27)12-15(24)13-7-5-4-6-8-13/h4-8,14H,9-12H2,1-3H3,(H,21,28)(H,22,25,27). The van der Waals surface area contributed by atoms with E-state index in [4.69, 9.17) is 4.74 Å². The van der Waals surface area contributed by atoms with Crippen LogP contribution in [0.2, 0.25) is 0 Å². The topological polar surface area (TPSA) is 122 Å². The maximum absolute atomic E-state index is 12.7. The predicted octanol–water partition coefficient (Wildman–Crippen LogP) is 1.03. The maximum Gasteiger partial charge on any atom is 0.408 e. The van der Waals surface area contributed by atoms with Crippen LogP contribution in [-0.4, -0.2) is 59.2 Å². The minimum atomic E-state index is -0.978. The van der Waals surface area contributed by atoms with Crippen LogP contribution in [-0.2, 0) is 19.1 Å². The zero-order chi connectivity index (χ0) is 21.6. The van der Waals surface area contributed by atoms with E-state index >= 15 is 0 Å². The molecule has 1 aliphatic rings. The van der Waals surface area contributed by atoms with E-state index in [1.165, 1.54) is 0 Å². The lowest BCUT2D eigenvalue weighted by Crippen LogP contribution is -2.57. The number of ketones is 1. The third-order valence-electron chi connectivity index (χ3n) is 4.10. The van der Waals surface area contributed by atoms with Gasteiger partial charge in [0.05, 0.1) is 6.54 Å². The Labute approximate surface area is 168 Å². The highest BCUT2D eigenvalue weighted by Gasteiger charge is 2.35. The first-order valence-electron chi connectivity index (χ1n) is 9.25. The van der Waals surface area contributed by atoms with Gasteiger partial charge >= 0.3 is 6.09 Å². The monoisotopic (exact) mass is 403 g/mol. The van der Waals surface area contributed by atoms with Gasteiger partial charge in [-0.25, -0.2) is 4.79 Å². The number of nitrogens with zero attached hydrogens (tertiary/aromatic N) is 1. The molecular weight excluding hydrogens is 378 g/mol. The number of piperidine rings is 1. The highest BCUT2D eigenvalue weighted by molar-refractivity contribution is 6.04. The van der Waals surface area contributed by atoms with Crippen molar-refractivity contribution in [2.24, 2.45) is 0 Å². The molecule has 0 bridgehead atoms. The summed E-state index contributed by atoms with van der Waals surface area (Å²) < 4.78 is 5.09. The summed E-state index contributed by atoms with van der Waals surface area (Å²) in [5.41, 5.74) is -0.350. The van der Waals surface area contributed by atoms with Crippen LogP contribution >= 0.6 is 0 Å². The Bertz CT molecular complexity index is 800. The molecule has 2 rings (SSSR count). The molecule has 0 spiro atoms. The number of Topliss-reactive ketones (excluding diaryl/α,β-unsaturated/α-hetero) is 1. The molecule has 2 N–H and O–H groups in total. The summed E-state index contributed by atoms with van der Waals surface area (Å²) in [5.74, 6) is -2.07. The predicted molar refractivity (Wildman–Crippen MR) is 103 cm³/mol. The fourth-order valence-electron chi connectivity index (χ4n) is 2.79. The molecular formula is C20H25N3O6. The number of carbonyl (C=O) groups excluding carboxylic acids is 5. The summed E-state index contributed by atoms with van der Waals surface area (Å²) in [5, 5.41) is 4.51. The first-order valence-corrected chi connectivity index (χ1v) is 9.25. The second-order valence-corrected chi connectivity index (χ2v) is 7.63. The van der Waals surface area contributed by atoms with Gasteiger partial charge in [0.2, 0.25) is 17.7 Å². The molecule has 0 aliphatic carbocycles. The summed E-state index contributed by atoms with van der Waals surface area (Å²) in [7, 11) is 0. The van der Waals surface area contributed by atoms with Gasteiger partial charge in [-0.05, 0) is 27.2 Å².